The first-order chi connectivity index (χ1) is 15.2. The number of tetrazole rings is 1. The molecule has 2 aromatic carbocycles. The molecule has 3 aromatic rings. The van der Waals surface area contributed by atoms with E-state index in [0.717, 1.165) is 54.9 Å². The molecule has 0 bridgehead atoms. The third kappa shape index (κ3) is 4.88. The molecule has 7 nitrogen and oxygen atoms in total. The van der Waals surface area contributed by atoms with Gasteiger partial charge in [-0.05, 0) is 72.0 Å². The van der Waals surface area contributed by atoms with Crippen LogP contribution < -0.4 is 9.47 Å². The molecule has 1 fully saturated rings. The first kappa shape index (κ1) is 21.3. The number of likely N-dealkylation sites (tertiary alicyclic amines) is 1. The van der Waals surface area contributed by atoms with Crippen LogP contribution in [0.25, 0.3) is 0 Å². The van der Waals surface area contributed by atoms with Gasteiger partial charge in [-0.2, -0.15) is 0 Å². The van der Waals surface area contributed by atoms with Gasteiger partial charge in [0.1, 0.15) is 0 Å². The second kappa shape index (κ2) is 9.92. The number of hydrogen-bond donors (Lipinski definition) is 0. The number of aromatic nitrogens is 4. The Labute approximate surface area is 184 Å². The van der Waals surface area contributed by atoms with Crippen molar-refractivity contribution in [1.29, 1.82) is 0 Å². The van der Waals surface area contributed by atoms with E-state index < -0.39 is 0 Å². The van der Waals surface area contributed by atoms with Gasteiger partial charge in [-0.15, -0.1) is 5.10 Å². The van der Waals surface area contributed by atoms with Gasteiger partial charge < -0.3 is 9.47 Å². The zero-order valence-corrected chi connectivity index (χ0v) is 18.6. The summed E-state index contributed by atoms with van der Waals surface area (Å²) < 4.78 is 13.0. The van der Waals surface area contributed by atoms with Gasteiger partial charge in [0.05, 0.1) is 20.3 Å². The first-order valence-electron chi connectivity index (χ1n) is 11.0. The van der Waals surface area contributed by atoms with Gasteiger partial charge in [-0.1, -0.05) is 43.3 Å². The number of piperidine rings is 1. The number of hydrogen-bond acceptors (Lipinski definition) is 6. The van der Waals surface area contributed by atoms with Crippen LogP contribution in [-0.2, 0) is 13.0 Å². The molecule has 7 heteroatoms. The molecule has 0 spiro atoms. The number of ether oxygens (including phenoxy) is 2. The third-order valence-electron chi connectivity index (χ3n) is 6.17. The standard InChI is InChI=1S/C24H31N5O2/c1-18-11-14-28(15-12-18)23(20-9-10-21(30-2)22(17-20)31-3)24-25-26-27-29(24)16-13-19-7-5-4-6-8-19/h4-10,17-18,23H,11-16H2,1-3H3/t23-/m1/s1. The minimum absolute atomic E-state index is 0.0296. The summed E-state index contributed by atoms with van der Waals surface area (Å²) in [6.45, 7) is 5.10. The van der Waals surface area contributed by atoms with E-state index >= 15 is 0 Å². The quantitative estimate of drug-likeness (QED) is 0.552. The van der Waals surface area contributed by atoms with Gasteiger partial charge in [0.25, 0.3) is 0 Å². The van der Waals surface area contributed by atoms with Crippen molar-refractivity contribution in [1.82, 2.24) is 25.1 Å². The SMILES string of the molecule is COc1ccc([C@H](c2nnnn2CCc2ccccc2)N2CCC(C)CC2)cc1OC. The molecular formula is C24H31N5O2. The van der Waals surface area contributed by atoms with Crippen LogP contribution >= 0.6 is 0 Å². The van der Waals surface area contributed by atoms with Crippen LogP contribution in [0.4, 0.5) is 0 Å². The third-order valence-corrected chi connectivity index (χ3v) is 6.17. The molecule has 1 aromatic heterocycles. The Kier molecular flexibility index (Phi) is 6.82. The number of benzene rings is 2. The van der Waals surface area contributed by atoms with Crippen molar-refractivity contribution < 1.29 is 9.47 Å². The molecule has 0 radical (unpaired) electrons. The Balaban J connectivity index is 1.66. The Bertz CT molecular complexity index is 967. The summed E-state index contributed by atoms with van der Waals surface area (Å²) >= 11 is 0. The van der Waals surface area contributed by atoms with Crippen LogP contribution in [0, 0.1) is 5.92 Å². The van der Waals surface area contributed by atoms with Crippen LogP contribution in [0.5, 0.6) is 11.5 Å². The molecular weight excluding hydrogens is 390 g/mol. The number of methoxy groups -OCH3 is 2. The average Bonchev–Trinajstić information content (AvgIpc) is 3.27. The highest BCUT2D eigenvalue weighted by atomic mass is 16.5. The largest absolute Gasteiger partial charge is 0.493 e. The van der Waals surface area contributed by atoms with E-state index in [1.54, 1.807) is 14.2 Å². The summed E-state index contributed by atoms with van der Waals surface area (Å²) in [4.78, 5) is 2.49. The topological polar surface area (TPSA) is 65.3 Å². The molecule has 1 aliphatic heterocycles. The van der Waals surface area contributed by atoms with Crippen molar-refractivity contribution in [2.75, 3.05) is 27.3 Å². The molecule has 164 valence electrons. The van der Waals surface area contributed by atoms with Crippen LogP contribution in [-0.4, -0.2) is 52.4 Å². The molecule has 0 amide bonds. The second-order valence-corrected chi connectivity index (χ2v) is 8.23. The van der Waals surface area contributed by atoms with E-state index in [-0.39, 0.29) is 6.04 Å². The van der Waals surface area contributed by atoms with Crippen LogP contribution in [0.15, 0.2) is 48.5 Å². The van der Waals surface area contributed by atoms with E-state index in [1.807, 2.05) is 16.8 Å². The van der Waals surface area contributed by atoms with Crippen LogP contribution in [0.1, 0.15) is 42.8 Å². The molecule has 1 aliphatic rings. The van der Waals surface area contributed by atoms with Crippen molar-refractivity contribution >= 4 is 0 Å². The van der Waals surface area contributed by atoms with Crippen molar-refractivity contribution in [3.63, 3.8) is 0 Å². The Morgan fingerprint density at radius 2 is 1.74 bits per heavy atom. The Morgan fingerprint density at radius 3 is 2.45 bits per heavy atom. The lowest BCUT2D eigenvalue weighted by Gasteiger charge is -2.36. The molecule has 0 saturated carbocycles. The maximum Gasteiger partial charge on any atom is 0.173 e. The molecule has 1 atom stereocenters. The first-order valence-corrected chi connectivity index (χ1v) is 11.0. The van der Waals surface area contributed by atoms with Crippen molar-refractivity contribution in [2.24, 2.45) is 5.92 Å². The van der Waals surface area contributed by atoms with Crippen molar-refractivity contribution in [3.8, 4) is 11.5 Å². The fourth-order valence-corrected chi connectivity index (χ4v) is 4.28. The summed E-state index contributed by atoms with van der Waals surface area (Å²) in [5.74, 6) is 3.06. The highest BCUT2D eigenvalue weighted by Crippen LogP contribution is 2.36. The molecule has 1 saturated heterocycles. The maximum atomic E-state index is 5.58. The van der Waals surface area contributed by atoms with E-state index in [0.29, 0.717) is 0 Å². The lowest BCUT2D eigenvalue weighted by atomic mass is 9.95. The summed E-state index contributed by atoms with van der Waals surface area (Å²) in [5.41, 5.74) is 2.39. The molecule has 4 rings (SSSR count). The monoisotopic (exact) mass is 421 g/mol. The Hall–Kier alpha value is -2.93. The van der Waals surface area contributed by atoms with Gasteiger partial charge >= 0.3 is 0 Å². The molecule has 31 heavy (non-hydrogen) atoms. The van der Waals surface area contributed by atoms with E-state index in [9.17, 15) is 0 Å². The van der Waals surface area contributed by atoms with Crippen molar-refractivity contribution in [2.45, 2.75) is 38.8 Å². The summed E-state index contributed by atoms with van der Waals surface area (Å²) in [7, 11) is 3.33. The predicted octanol–water partition coefficient (Wildman–Crippen LogP) is 3.75. The molecule has 2 heterocycles. The summed E-state index contributed by atoms with van der Waals surface area (Å²) in [6, 6.07) is 16.5. The summed E-state index contributed by atoms with van der Waals surface area (Å²) in [5, 5.41) is 12.9. The fourth-order valence-electron chi connectivity index (χ4n) is 4.28. The summed E-state index contributed by atoms with van der Waals surface area (Å²) in [6.07, 6.45) is 3.24. The van der Waals surface area contributed by atoms with E-state index in [1.165, 1.54) is 18.4 Å². The van der Waals surface area contributed by atoms with E-state index in [2.05, 4.69) is 63.7 Å². The normalized spacial score (nSPS) is 16.2. The highest BCUT2D eigenvalue weighted by molar-refractivity contribution is 5.45. The van der Waals surface area contributed by atoms with Gasteiger partial charge in [0, 0.05) is 6.54 Å². The zero-order chi connectivity index (χ0) is 21.6. The van der Waals surface area contributed by atoms with Crippen LogP contribution in [0.3, 0.4) is 0 Å². The smallest absolute Gasteiger partial charge is 0.173 e. The lowest BCUT2D eigenvalue weighted by molar-refractivity contribution is 0.149. The fraction of sp³-hybridized carbons (Fsp3) is 0.458. The predicted molar refractivity (Wildman–Crippen MR) is 119 cm³/mol. The number of nitrogens with zero attached hydrogens (tertiary/aromatic N) is 5. The van der Waals surface area contributed by atoms with Gasteiger partial charge in [0.2, 0.25) is 0 Å². The van der Waals surface area contributed by atoms with Crippen molar-refractivity contribution in [3.05, 3.63) is 65.5 Å². The average molecular weight is 422 g/mol. The second-order valence-electron chi connectivity index (χ2n) is 8.23. The van der Waals surface area contributed by atoms with E-state index in [4.69, 9.17) is 9.47 Å². The Morgan fingerprint density at radius 1 is 1.00 bits per heavy atom. The van der Waals surface area contributed by atoms with Gasteiger partial charge in [-0.3, -0.25) is 4.90 Å². The molecule has 0 unspecified atom stereocenters. The van der Waals surface area contributed by atoms with Gasteiger partial charge in [-0.25, -0.2) is 4.68 Å². The molecule has 0 N–H and O–H groups in total. The minimum atomic E-state index is -0.0296. The van der Waals surface area contributed by atoms with Crippen LogP contribution in [0.2, 0.25) is 0 Å². The zero-order valence-electron chi connectivity index (χ0n) is 18.6. The minimum Gasteiger partial charge on any atom is -0.493 e. The maximum absolute atomic E-state index is 5.58. The number of aryl methyl sites for hydroxylation is 2. The lowest BCUT2D eigenvalue weighted by Crippen LogP contribution is -2.38. The highest BCUT2D eigenvalue weighted by Gasteiger charge is 2.31. The number of rotatable bonds is 8. The van der Waals surface area contributed by atoms with Gasteiger partial charge in [0.15, 0.2) is 17.3 Å². The molecule has 0 aliphatic carbocycles.